The Morgan fingerprint density at radius 2 is 1.92 bits per heavy atom. The average Bonchev–Trinajstić information content (AvgIpc) is 2.52. The van der Waals surface area contributed by atoms with Crippen molar-refractivity contribution >= 4 is 43.8 Å². The fourth-order valence-electron chi connectivity index (χ4n) is 1.93. The molecule has 8 heteroatoms. The van der Waals surface area contributed by atoms with Crippen molar-refractivity contribution < 1.29 is 13.2 Å². The van der Waals surface area contributed by atoms with E-state index in [1.54, 1.807) is 30.3 Å². The zero-order chi connectivity index (χ0) is 17.6. The highest BCUT2D eigenvalue weighted by Crippen LogP contribution is 2.16. The first-order valence-electron chi connectivity index (χ1n) is 6.96. The fraction of sp³-hybridized carbons (Fsp3) is 0.125. The maximum atomic E-state index is 12.0. The minimum atomic E-state index is -3.58. The van der Waals surface area contributed by atoms with Gasteiger partial charge in [-0.2, -0.15) is 5.10 Å². The van der Waals surface area contributed by atoms with Gasteiger partial charge in [0.15, 0.2) is 0 Å². The highest BCUT2D eigenvalue weighted by atomic mass is 79.9. The van der Waals surface area contributed by atoms with E-state index >= 15 is 0 Å². The van der Waals surface area contributed by atoms with Crippen LogP contribution in [0.4, 0.5) is 5.69 Å². The SMILES string of the molecule is CS(=O)(=O)N(CC(=O)N/N=C\c1cccc(Br)c1)c1ccccc1. The molecule has 126 valence electrons. The summed E-state index contributed by atoms with van der Waals surface area (Å²) in [5, 5.41) is 3.84. The van der Waals surface area contributed by atoms with Crippen molar-refractivity contribution in [1.29, 1.82) is 0 Å². The van der Waals surface area contributed by atoms with Crippen LogP contribution in [0.2, 0.25) is 0 Å². The Kier molecular flexibility index (Phi) is 6.10. The molecule has 0 radical (unpaired) electrons. The van der Waals surface area contributed by atoms with Crippen LogP contribution in [0.5, 0.6) is 0 Å². The number of nitrogens with one attached hydrogen (secondary N) is 1. The van der Waals surface area contributed by atoms with Crippen LogP contribution >= 0.6 is 15.9 Å². The Morgan fingerprint density at radius 3 is 2.54 bits per heavy atom. The van der Waals surface area contributed by atoms with Crippen molar-refractivity contribution in [2.75, 3.05) is 17.1 Å². The van der Waals surface area contributed by atoms with E-state index in [4.69, 9.17) is 0 Å². The number of hydrazone groups is 1. The highest BCUT2D eigenvalue weighted by Gasteiger charge is 2.20. The van der Waals surface area contributed by atoms with Gasteiger partial charge in [0.05, 0.1) is 18.2 Å². The van der Waals surface area contributed by atoms with Crippen LogP contribution in [-0.4, -0.2) is 33.3 Å². The summed E-state index contributed by atoms with van der Waals surface area (Å²) >= 11 is 3.34. The zero-order valence-corrected chi connectivity index (χ0v) is 15.3. The largest absolute Gasteiger partial charge is 0.271 e. The number of carbonyl (C=O) groups excluding carboxylic acids is 1. The molecule has 0 bridgehead atoms. The Labute approximate surface area is 149 Å². The van der Waals surface area contributed by atoms with E-state index in [0.717, 1.165) is 20.6 Å². The van der Waals surface area contributed by atoms with Gasteiger partial charge < -0.3 is 0 Å². The molecule has 0 saturated carbocycles. The lowest BCUT2D eigenvalue weighted by Crippen LogP contribution is -2.38. The maximum absolute atomic E-state index is 12.0. The van der Waals surface area contributed by atoms with E-state index in [0.29, 0.717) is 5.69 Å². The predicted octanol–water partition coefficient (Wildman–Crippen LogP) is 2.37. The van der Waals surface area contributed by atoms with Gasteiger partial charge in [-0.1, -0.05) is 46.3 Å². The number of nitrogens with zero attached hydrogens (tertiary/aromatic N) is 2. The lowest BCUT2D eigenvalue weighted by molar-refractivity contribution is -0.119. The summed E-state index contributed by atoms with van der Waals surface area (Å²) in [4.78, 5) is 12.0. The third kappa shape index (κ3) is 5.47. The Hall–Kier alpha value is -2.19. The normalized spacial score (nSPS) is 11.4. The smallest absolute Gasteiger partial charge is 0.260 e. The second kappa shape index (κ2) is 8.07. The lowest BCUT2D eigenvalue weighted by Gasteiger charge is -2.21. The van der Waals surface area contributed by atoms with Gasteiger partial charge in [-0.05, 0) is 29.8 Å². The molecule has 0 aliphatic heterocycles. The fourth-order valence-corrected chi connectivity index (χ4v) is 3.20. The number of para-hydroxylation sites is 1. The van der Waals surface area contributed by atoms with Gasteiger partial charge in [-0.3, -0.25) is 9.10 Å². The van der Waals surface area contributed by atoms with Crippen molar-refractivity contribution in [3.63, 3.8) is 0 Å². The van der Waals surface area contributed by atoms with Crippen LogP contribution in [0.3, 0.4) is 0 Å². The van der Waals surface area contributed by atoms with E-state index in [1.165, 1.54) is 6.21 Å². The first kappa shape index (κ1) is 18.2. The van der Waals surface area contributed by atoms with Gasteiger partial charge in [-0.15, -0.1) is 0 Å². The van der Waals surface area contributed by atoms with Crippen molar-refractivity contribution in [2.24, 2.45) is 5.10 Å². The molecule has 0 fully saturated rings. The molecule has 6 nitrogen and oxygen atoms in total. The molecule has 1 N–H and O–H groups in total. The van der Waals surface area contributed by atoms with Crippen LogP contribution in [0.15, 0.2) is 64.2 Å². The molecule has 2 aromatic rings. The second-order valence-electron chi connectivity index (χ2n) is 4.95. The number of hydrogen-bond donors (Lipinski definition) is 1. The molecule has 0 atom stereocenters. The van der Waals surface area contributed by atoms with E-state index in [-0.39, 0.29) is 6.54 Å². The minimum absolute atomic E-state index is 0.349. The second-order valence-corrected chi connectivity index (χ2v) is 7.78. The molecule has 0 aliphatic rings. The van der Waals surface area contributed by atoms with Crippen LogP contribution in [-0.2, 0) is 14.8 Å². The summed E-state index contributed by atoms with van der Waals surface area (Å²) in [5.41, 5.74) is 3.55. The van der Waals surface area contributed by atoms with Crippen molar-refractivity contribution in [3.8, 4) is 0 Å². The third-order valence-electron chi connectivity index (χ3n) is 2.98. The molecular formula is C16H16BrN3O3S. The molecule has 2 aromatic carbocycles. The molecule has 2 rings (SSSR count). The summed E-state index contributed by atoms with van der Waals surface area (Å²) < 4.78 is 25.7. The van der Waals surface area contributed by atoms with Gasteiger partial charge in [0.1, 0.15) is 6.54 Å². The topological polar surface area (TPSA) is 78.8 Å². The number of halogens is 1. The van der Waals surface area contributed by atoms with Gasteiger partial charge in [0.2, 0.25) is 10.0 Å². The van der Waals surface area contributed by atoms with E-state index < -0.39 is 15.9 Å². The third-order valence-corrected chi connectivity index (χ3v) is 4.62. The number of amides is 1. The quantitative estimate of drug-likeness (QED) is 0.587. The molecule has 24 heavy (non-hydrogen) atoms. The van der Waals surface area contributed by atoms with Crippen LogP contribution in [0.1, 0.15) is 5.56 Å². The van der Waals surface area contributed by atoms with Crippen molar-refractivity contribution in [1.82, 2.24) is 5.43 Å². The number of anilines is 1. The summed E-state index contributed by atoms with van der Waals surface area (Å²) in [6.45, 7) is -0.349. The molecule has 0 aliphatic carbocycles. The van der Waals surface area contributed by atoms with E-state index in [9.17, 15) is 13.2 Å². The molecule has 1 amide bonds. The number of rotatable bonds is 6. The van der Waals surface area contributed by atoms with Gasteiger partial charge >= 0.3 is 0 Å². The van der Waals surface area contributed by atoms with Gasteiger partial charge in [0.25, 0.3) is 5.91 Å². The lowest BCUT2D eigenvalue weighted by atomic mass is 10.2. The summed E-state index contributed by atoms with van der Waals surface area (Å²) in [6, 6.07) is 15.8. The number of hydrogen-bond acceptors (Lipinski definition) is 4. The summed E-state index contributed by atoms with van der Waals surface area (Å²) in [7, 11) is -3.58. The molecule has 0 spiro atoms. The first-order valence-corrected chi connectivity index (χ1v) is 9.60. The average molecular weight is 410 g/mol. The maximum Gasteiger partial charge on any atom is 0.260 e. The van der Waals surface area contributed by atoms with Crippen molar-refractivity contribution in [2.45, 2.75) is 0 Å². The molecule has 0 heterocycles. The number of sulfonamides is 1. The van der Waals surface area contributed by atoms with E-state index in [1.807, 2.05) is 24.3 Å². The van der Waals surface area contributed by atoms with Crippen LogP contribution in [0.25, 0.3) is 0 Å². The standard InChI is InChI=1S/C16H16BrN3O3S/c1-24(22,23)20(15-8-3-2-4-9-15)12-16(21)19-18-11-13-6-5-7-14(17)10-13/h2-11H,12H2,1H3,(H,19,21)/b18-11-. The Bertz CT molecular complexity index is 839. The minimum Gasteiger partial charge on any atom is -0.271 e. The zero-order valence-electron chi connectivity index (χ0n) is 12.9. The van der Waals surface area contributed by atoms with Gasteiger partial charge in [-0.25, -0.2) is 13.8 Å². The van der Waals surface area contributed by atoms with Crippen LogP contribution < -0.4 is 9.73 Å². The first-order chi connectivity index (χ1) is 11.4. The molecule has 0 aromatic heterocycles. The monoisotopic (exact) mass is 409 g/mol. The number of carbonyl (C=O) groups is 1. The van der Waals surface area contributed by atoms with Crippen molar-refractivity contribution in [3.05, 3.63) is 64.6 Å². The molecule has 0 saturated heterocycles. The highest BCUT2D eigenvalue weighted by molar-refractivity contribution is 9.10. The molecule has 0 unspecified atom stereocenters. The Balaban J connectivity index is 2.04. The summed E-state index contributed by atoms with van der Waals surface area (Å²) in [5.74, 6) is -0.532. The molecular weight excluding hydrogens is 394 g/mol. The predicted molar refractivity (Wildman–Crippen MR) is 98.5 cm³/mol. The Morgan fingerprint density at radius 1 is 1.21 bits per heavy atom. The summed E-state index contributed by atoms with van der Waals surface area (Å²) in [6.07, 6.45) is 2.54. The number of benzene rings is 2. The van der Waals surface area contributed by atoms with E-state index in [2.05, 4.69) is 26.5 Å². The van der Waals surface area contributed by atoms with Crippen LogP contribution in [0, 0.1) is 0 Å². The van der Waals surface area contributed by atoms with Gasteiger partial charge in [0, 0.05) is 4.47 Å².